The number of nitrogens with zero attached hydrogens (tertiary/aromatic N) is 1. The molecule has 6 rings (SSSR count). The van der Waals surface area contributed by atoms with Crippen LogP contribution in [0.25, 0.3) is 22.3 Å². The van der Waals surface area contributed by atoms with Crippen LogP contribution in [0.2, 0.25) is 0 Å². The summed E-state index contributed by atoms with van der Waals surface area (Å²) >= 11 is 0. The number of carbonyl (C=O) groups is 1. The van der Waals surface area contributed by atoms with Gasteiger partial charge in [0, 0.05) is 28.8 Å². The summed E-state index contributed by atoms with van der Waals surface area (Å²) in [6.45, 7) is 10.4. The van der Waals surface area contributed by atoms with Crippen molar-refractivity contribution < 1.29 is 23.7 Å². The summed E-state index contributed by atoms with van der Waals surface area (Å²) in [5.41, 5.74) is 5.29. The maximum atomic E-state index is 12.9. The Labute approximate surface area is 236 Å². The van der Waals surface area contributed by atoms with E-state index in [1.165, 1.54) is 19.3 Å². The molecule has 0 bridgehead atoms. The lowest BCUT2D eigenvalue weighted by atomic mass is 9.88. The molecule has 0 aliphatic carbocycles. The van der Waals surface area contributed by atoms with Gasteiger partial charge in [0.05, 0.1) is 11.0 Å². The van der Waals surface area contributed by atoms with Crippen LogP contribution in [-0.2, 0) is 4.79 Å². The number of hydrogen-bond donors (Lipinski definition) is 0. The van der Waals surface area contributed by atoms with Crippen molar-refractivity contribution in [3.05, 3.63) is 71.8 Å². The Balaban J connectivity index is 1.33. The van der Waals surface area contributed by atoms with E-state index in [1.807, 2.05) is 75.4 Å². The molecule has 3 aliphatic heterocycles. The molecule has 208 valence electrons. The van der Waals surface area contributed by atoms with Crippen molar-refractivity contribution in [3.63, 3.8) is 0 Å². The average molecular weight is 540 g/mol. The van der Waals surface area contributed by atoms with Crippen molar-refractivity contribution in [1.82, 2.24) is 4.90 Å². The molecule has 0 unspecified atom stereocenters. The number of likely N-dealkylation sites (tertiary alicyclic amines) is 1. The zero-order valence-corrected chi connectivity index (χ0v) is 23.6. The predicted molar refractivity (Wildman–Crippen MR) is 157 cm³/mol. The first-order chi connectivity index (χ1) is 19.4. The molecule has 3 aliphatic rings. The van der Waals surface area contributed by atoms with Gasteiger partial charge in [-0.05, 0) is 82.6 Å². The lowest BCUT2D eigenvalue weighted by Gasteiger charge is -2.31. The van der Waals surface area contributed by atoms with Crippen LogP contribution >= 0.6 is 0 Å². The van der Waals surface area contributed by atoms with Crippen molar-refractivity contribution in [2.24, 2.45) is 5.41 Å². The highest BCUT2D eigenvalue weighted by molar-refractivity contribution is 6.00. The molecule has 0 spiro atoms. The van der Waals surface area contributed by atoms with Gasteiger partial charge in [0.1, 0.15) is 42.8 Å². The first-order valence-electron chi connectivity index (χ1n) is 14.3. The van der Waals surface area contributed by atoms with E-state index in [0.717, 1.165) is 64.5 Å². The van der Waals surface area contributed by atoms with Crippen molar-refractivity contribution in [2.75, 3.05) is 39.5 Å². The highest BCUT2D eigenvalue weighted by atomic mass is 16.5. The summed E-state index contributed by atoms with van der Waals surface area (Å²) in [5, 5.41) is 0. The van der Waals surface area contributed by atoms with Crippen molar-refractivity contribution in [2.45, 2.75) is 40.0 Å². The lowest BCUT2D eigenvalue weighted by Crippen LogP contribution is -2.33. The van der Waals surface area contributed by atoms with E-state index in [2.05, 4.69) is 11.0 Å². The number of rotatable bonds is 6. The molecular weight excluding hydrogens is 502 g/mol. The molecule has 1 fully saturated rings. The summed E-state index contributed by atoms with van der Waals surface area (Å²) < 4.78 is 24.6. The largest absolute Gasteiger partial charge is 0.492 e. The number of carbonyl (C=O) groups excluding carboxylic acids is 1. The fourth-order valence-electron chi connectivity index (χ4n) is 5.55. The fourth-order valence-corrected chi connectivity index (χ4v) is 5.55. The highest BCUT2D eigenvalue weighted by Crippen LogP contribution is 2.50. The molecule has 0 aromatic heterocycles. The van der Waals surface area contributed by atoms with Crippen LogP contribution in [0.5, 0.6) is 23.0 Å². The normalized spacial score (nSPS) is 16.7. The topological polar surface area (TPSA) is 57.2 Å². The van der Waals surface area contributed by atoms with Gasteiger partial charge in [0.2, 0.25) is 0 Å². The van der Waals surface area contributed by atoms with E-state index in [0.29, 0.717) is 31.3 Å². The Bertz CT molecular complexity index is 1430. The summed E-state index contributed by atoms with van der Waals surface area (Å²) in [6, 6.07) is 19.9. The van der Waals surface area contributed by atoms with Crippen molar-refractivity contribution in [1.29, 1.82) is 0 Å². The fraction of sp³-hybridized carbons (Fsp3) is 0.382. The predicted octanol–water partition coefficient (Wildman–Crippen LogP) is 6.87. The van der Waals surface area contributed by atoms with E-state index in [1.54, 1.807) is 0 Å². The second-order valence-corrected chi connectivity index (χ2v) is 11.8. The minimum Gasteiger partial charge on any atom is -0.492 e. The molecule has 3 aromatic rings. The van der Waals surface area contributed by atoms with Crippen LogP contribution < -0.4 is 18.9 Å². The molecule has 3 heterocycles. The number of piperidine rings is 1. The van der Waals surface area contributed by atoms with Gasteiger partial charge in [-0.3, -0.25) is 9.69 Å². The Morgan fingerprint density at radius 1 is 0.850 bits per heavy atom. The Hall–Kier alpha value is -3.77. The first kappa shape index (κ1) is 26.5. The van der Waals surface area contributed by atoms with Crippen LogP contribution in [0.3, 0.4) is 0 Å². The van der Waals surface area contributed by atoms with Gasteiger partial charge in [0.15, 0.2) is 0 Å². The Morgan fingerprint density at radius 3 is 2.35 bits per heavy atom. The van der Waals surface area contributed by atoms with Gasteiger partial charge in [-0.15, -0.1) is 0 Å². The van der Waals surface area contributed by atoms with E-state index in [-0.39, 0.29) is 5.97 Å². The monoisotopic (exact) mass is 539 g/mol. The number of esters is 1. The molecule has 0 amide bonds. The molecule has 0 radical (unpaired) electrons. The molecule has 3 aromatic carbocycles. The quantitative estimate of drug-likeness (QED) is 0.252. The highest BCUT2D eigenvalue weighted by Gasteiger charge is 2.32. The van der Waals surface area contributed by atoms with E-state index in [4.69, 9.17) is 18.9 Å². The number of ether oxygens (including phenoxy) is 4. The third-order valence-electron chi connectivity index (χ3n) is 7.84. The third-order valence-corrected chi connectivity index (χ3v) is 7.84. The molecule has 6 heteroatoms. The average Bonchev–Trinajstić information content (AvgIpc) is 2.97. The number of fused-ring (bicyclic) bond motifs is 4. The van der Waals surface area contributed by atoms with Gasteiger partial charge >= 0.3 is 5.97 Å². The van der Waals surface area contributed by atoms with E-state index < -0.39 is 5.41 Å². The van der Waals surface area contributed by atoms with Crippen molar-refractivity contribution >= 4 is 17.1 Å². The number of para-hydroxylation sites is 1. The van der Waals surface area contributed by atoms with Gasteiger partial charge in [0.25, 0.3) is 0 Å². The zero-order valence-electron chi connectivity index (χ0n) is 23.6. The molecule has 40 heavy (non-hydrogen) atoms. The lowest BCUT2D eigenvalue weighted by molar-refractivity contribution is -0.142. The molecule has 0 saturated carbocycles. The molecular formula is C34H37NO5. The minimum atomic E-state index is -0.642. The van der Waals surface area contributed by atoms with E-state index >= 15 is 0 Å². The maximum absolute atomic E-state index is 12.9. The zero-order chi connectivity index (χ0) is 27.7. The van der Waals surface area contributed by atoms with Crippen LogP contribution in [0.4, 0.5) is 0 Å². The summed E-state index contributed by atoms with van der Waals surface area (Å²) in [7, 11) is 0. The standard InChI is InChI=1S/C34H37NO5/c1-34(2,3)33(36)40-30-16-15-26-28-21-38-29-10-6-5-9-25(29)27(28)22-39-32(26)31(30)23-11-13-24(14-12-23)37-20-19-35-17-7-4-8-18-35/h5-6,9-16H,4,7-8,17-22H2,1-3H3. The molecule has 0 atom stereocenters. The van der Waals surface area contributed by atoms with E-state index in [9.17, 15) is 4.79 Å². The second-order valence-electron chi connectivity index (χ2n) is 11.8. The van der Waals surface area contributed by atoms with Crippen LogP contribution in [0.15, 0.2) is 60.7 Å². The Morgan fingerprint density at radius 2 is 1.57 bits per heavy atom. The second kappa shape index (κ2) is 11.0. The SMILES string of the molecule is CC(C)(C)C(=O)Oc1ccc2c(c1-c1ccc(OCCN3CCCCC3)cc1)OCC1=C2COc2ccccc21. The maximum Gasteiger partial charge on any atom is 0.316 e. The molecule has 1 saturated heterocycles. The third kappa shape index (κ3) is 5.33. The number of benzene rings is 3. The first-order valence-corrected chi connectivity index (χ1v) is 14.3. The summed E-state index contributed by atoms with van der Waals surface area (Å²) in [6.07, 6.45) is 3.88. The summed E-state index contributed by atoms with van der Waals surface area (Å²) in [5.74, 6) is 2.59. The van der Waals surface area contributed by atoms with Crippen LogP contribution in [0.1, 0.15) is 51.2 Å². The smallest absolute Gasteiger partial charge is 0.316 e. The van der Waals surface area contributed by atoms with Gasteiger partial charge in [-0.2, -0.15) is 0 Å². The van der Waals surface area contributed by atoms with Gasteiger partial charge in [-0.25, -0.2) is 0 Å². The van der Waals surface area contributed by atoms with Gasteiger partial charge in [-0.1, -0.05) is 36.8 Å². The summed E-state index contributed by atoms with van der Waals surface area (Å²) in [4.78, 5) is 15.4. The minimum absolute atomic E-state index is 0.294. The Kier molecular flexibility index (Phi) is 7.28. The van der Waals surface area contributed by atoms with Crippen molar-refractivity contribution in [3.8, 4) is 34.1 Å². The van der Waals surface area contributed by atoms with Crippen LogP contribution in [-0.4, -0.2) is 50.3 Å². The van der Waals surface area contributed by atoms with Crippen LogP contribution in [0, 0.1) is 5.41 Å². The number of hydrogen-bond acceptors (Lipinski definition) is 6. The molecule has 6 nitrogen and oxygen atoms in total. The molecule has 0 N–H and O–H groups in total. The van der Waals surface area contributed by atoms with Gasteiger partial charge < -0.3 is 18.9 Å².